The van der Waals surface area contributed by atoms with Crippen LogP contribution in [0.25, 0.3) is 0 Å². The summed E-state index contributed by atoms with van der Waals surface area (Å²) in [6.07, 6.45) is 1.67. The topological polar surface area (TPSA) is 89.5 Å². The first-order valence-electron chi connectivity index (χ1n) is 10.4. The van der Waals surface area contributed by atoms with E-state index in [9.17, 15) is 9.59 Å². The Morgan fingerprint density at radius 2 is 1.48 bits per heavy atom. The summed E-state index contributed by atoms with van der Waals surface area (Å²) in [5.41, 5.74) is 0.768. The summed E-state index contributed by atoms with van der Waals surface area (Å²) < 4.78 is 32.9. The molecule has 0 amide bonds. The van der Waals surface area contributed by atoms with Crippen LogP contribution in [0.3, 0.4) is 0 Å². The van der Waals surface area contributed by atoms with Gasteiger partial charge in [0.1, 0.15) is 6.10 Å². The van der Waals surface area contributed by atoms with Crippen LogP contribution in [0.5, 0.6) is 0 Å². The molecule has 0 aromatic rings. The van der Waals surface area contributed by atoms with E-state index < -0.39 is 29.8 Å². The average molecular weight is 493 g/mol. The zero-order chi connectivity index (χ0) is 24.5. The standard InChI is InChI=1S/C20H40O8Si3/c1-12-18(17(4)5)26-20(22)29(8,9)30(10,11)27-28-31(23-6,24-7)19(21)25-15-13-14-16(2)3/h18H,2,4,12-15H2,1,3,5-11H3. The monoisotopic (exact) mass is 492 g/mol. The Balaban J connectivity index is 5.29. The van der Waals surface area contributed by atoms with Gasteiger partial charge in [-0.3, -0.25) is 9.37 Å². The van der Waals surface area contributed by atoms with E-state index in [1.54, 1.807) is 0 Å². The Morgan fingerprint density at radius 1 is 0.935 bits per heavy atom. The molecule has 0 aliphatic carbocycles. The molecule has 180 valence electrons. The van der Waals surface area contributed by atoms with E-state index in [2.05, 4.69) is 13.2 Å². The van der Waals surface area contributed by atoms with Crippen molar-refractivity contribution in [3.8, 4) is 0 Å². The number of carbonyl (C=O) groups is 2. The SMILES string of the molecule is C=C(C)CCCOC(=O)[Si](OC)(OC)OO[Si](C)(C)[Si](C)(C)C(=O)OC(CC)C(=C)C. The van der Waals surface area contributed by atoms with Crippen molar-refractivity contribution in [2.24, 2.45) is 0 Å². The molecule has 0 heterocycles. The summed E-state index contributed by atoms with van der Waals surface area (Å²) in [6, 6.07) is 0. The second kappa shape index (κ2) is 12.8. The van der Waals surface area contributed by atoms with Crippen molar-refractivity contribution in [2.75, 3.05) is 20.8 Å². The largest absolute Gasteiger partial charge is 0.647 e. The van der Waals surface area contributed by atoms with Gasteiger partial charge < -0.3 is 18.3 Å². The molecule has 31 heavy (non-hydrogen) atoms. The Bertz CT molecular complexity index is 644. The highest BCUT2D eigenvalue weighted by molar-refractivity contribution is 7.49. The van der Waals surface area contributed by atoms with Crippen LogP contribution in [0.4, 0.5) is 9.59 Å². The predicted molar refractivity (Wildman–Crippen MR) is 128 cm³/mol. The molecule has 11 heteroatoms. The highest BCUT2D eigenvalue weighted by Crippen LogP contribution is 2.27. The maximum atomic E-state index is 13.0. The molecular weight excluding hydrogens is 452 g/mol. The van der Waals surface area contributed by atoms with Crippen molar-refractivity contribution in [3.05, 3.63) is 24.3 Å². The number of allylic oxidation sites excluding steroid dienone is 1. The molecule has 0 radical (unpaired) electrons. The van der Waals surface area contributed by atoms with Gasteiger partial charge in [0.05, 0.1) is 6.61 Å². The smallest absolute Gasteiger partial charge is 0.463 e. The Hall–Kier alpha value is -1.09. The van der Waals surface area contributed by atoms with Crippen LogP contribution in [-0.4, -0.2) is 62.3 Å². The van der Waals surface area contributed by atoms with Gasteiger partial charge in [-0.15, -0.1) is 6.58 Å². The van der Waals surface area contributed by atoms with Crippen molar-refractivity contribution >= 4 is 35.4 Å². The van der Waals surface area contributed by atoms with Gasteiger partial charge in [-0.2, -0.15) is 0 Å². The molecule has 0 spiro atoms. The molecule has 1 atom stereocenters. The third-order valence-electron chi connectivity index (χ3n) is 5.31. The number of hydrogen-bond donors (Lipinski definition) is 0. The molecule has 0 aromatic carbocycles. The van der Waals surface area contributed by atoms with Crippen molar-refractivity contribution in [1.82, 2.24) is 0 Å². The van der Waals surface area contributed by atoms with E-state index in [0.29, 0.717) is 12.8 Å². The van der Waals surface area contributed by atoms with Crippen LogP contribution in [0, 0.1) is 0 Å². The minimum atomic E-state index is -3.92. The number of rotatable bonds is 15. The molecule has 0 aliphatic heterocycles. The quantitative estimate of drug-likeness (QED) is 0.0999. The fourth-order valence-corrected chi connectivity index (χ4v) is 8.34. The first kappa shape index (κ1) is 29.9. The van der Waals surface area contributed by atoms with Gasteiger partial charge in [-0.05, 0) is 51.8 Å². The zero-order valence-corrected chi connectivity index (χ0v) is 23.6. The third-order valence-corrected chi connectivity index (χ3v) is 22.0. The molecule has 0 saturated heterocycles. The Kier molecular flexibility index (Phi) is 12.4. The summed E-state index contributed by atoms with van der Waals surface area (Å²) in [4.78, 5) is 25.6. The highest BCUT2D eigenvalue weighted by Gasteiger charge is 2.58. The van der Waals surface area contributed by atoms with Gasteiger partial charge in [-0.1, -0.05) is 32.2 Å². The van der Waals surface area contributed by atoms with E-state index in [-0.39, 0.29) is 18.3 Å². The van der Waals surface area contributed by atoms with E-state index >= 15 is 0 Å². The van der Waals surface area contributed by atoms with E-state index in [4.69, 9.17) is 27.5 Å². The number of hydrogen-bond acceptors (Lipinski definition) is 8. The van der Waals surface area contributed by atoms with Crippen LogP contribution >= 0.6 is 0 Å². The lowest BCUT2D eigenvalue weighted by atomic mass is 10.1. The number of carbonyl (C=O) groups excluding carboxylic acids is 2. The second-order valence-electron chi connectivity index (χ2n) is 8.61. The van der Waals surface area contributed by atoms with Crippen molar-refractivity contribution in [3.63, 3.8) is 0 Å². The maximum absolute atomic E-state index is 13.0. The molecule has 0 N–H and O–H groups in total. The molecule has 8 nitrogen and oxygen atoms in total. The lowest BCUT2D eigenvalue weighted by Gasteiger charge is -2.36. The Labute approximate surface area is 190 Å². The van der Waals surface area contributed by atoms with E-state index in [0.717, 1.165) is 17.6 Å². The fourth-order valence-electron chi connectivity index (χ4n) is 2.30. The highest BCUT2D eigenvalue weighted by atomic mass is 29.3. The van der Waals surface area contributed by atoms with E-state index in [1.807, 2.05) is 47.0 Å². The van der Waals surface area contributed by atoms with Crippen molar-refractivity contribution in [1.29, 1.82) is 0 Å². The van der Waals surface area contributed by atoms with Crippen molar-refractivity contribution < 1.29 is 37.1 Å². The maximum Gasteiger partial charge on any atom is 0.647 e. The van der Waals surface area contributed by atoms with E-state index in [1.165, 1.54) is 14.2 Å². The summed E-state index contributed by atoms with van der Waals surface area (Å²) >= 11 is 0. The molecule has 1 unspecified atom stereocenters. The van der Waals surface area contributed by atoms with Gasteiger partial charge in [0.2, 0.25) is 15.4 Å². The fraction of sp³-hybridized carbons (Fsp3) is 0.700. The summed E-state index contributed by atoms with van der Waals surface area (Å²) in [7, 11) is -6.82. The van der Waals surface area contributed by atoms with Crippen LogP contribution < -0.4 is 0 Å². The molecule has 0 aromatic heterocycles. The van der Waals surface area contributed by atoms with Gasteiger partial charge >= 0.3 is 14.4 Å². The minimum Gasteiger partial charge on any atom is -0.463 e. The predicted octanol–water partition coefficient (Wildman–Crippen LogP) is 5.31. The molecule has 0 saturated carbocycles. The zero-order valence-electron chi connectivity index (χ0n) is 20.6. The lowest BCUT2D eigenvalue weighted by molar-refractivity contribution is -0.163. The van der Waals surface area contributed by atoms with Gasteiger partial charge in [-0.25, -0.2) is 9.37 Å². The van der Waals surface area contributed by atoms with Crippen molar-refractivity contribution in [2.45, 2.75) is 72.3 Å². The normalized spacial score (nSPS) is 13.5. The lowest BCUT2D eigenvalue weighted by Crippen LogP contribution is -2.65. The van der Waals surface area contributed by atoms with Gasteiger partial charge in [0.25, 0.3) is 5.59 Å². The summed E-state index contributed by atoms with van der Waals surface area (Å²) in [5.74, 6) is 0. The first-order chi connectivity index (χ1) is 14.2. The van der Waals surface area contributed by atoms with Crippen LogP contribution in [0.1, 0.15) is 40.0 Å². The minimum absolute atomic E-state index is 0.184. The average Bonchev–Trinajstić information content (AvgIpc) is 2.69. The molecular formula is C20H40O8Si3. The molecule has 0 aliphatic rings. The molecule has 0 rings (SSSR count). The first-order valence-corrected chi connectivity index (χ1v) is 19.0. The molecule has 0 bridgehead atoms. The summed E-state index contributed by atoms with van der Waals surface area (Å²) in [6.45, 7) is 21.0. The summed E-state index contributed by atoms with van der Waals surface area (Å²) in [5, 5.41) is 0. The van der Waals surface area contributed by atoms with Crippen LogP contribution in [0.15, 0.2) is 24.3 Å². The van der Waals surface area contributed by atoms with Gasteiger partial charge in [0.15, 0.2) is 0 Å². The third kappa shape index (κ3) is 8.40. The van der Waals surface area contributed by atoms with Gasteiger partial charge in [0, 0.05) is 14.2 Å². The number of ether oxygens (including phenoxy) is 2. The van der Waals surface area contributed by atoms with Crippen LogP contribution in [0.2, 0.25) is 26.2 Å². The second-order valence-corrected chi connectivity index (χ2v) is 25.3. The Morgan fingerprint density at radius 3 is 1.90 bits per heavy atom. The van der Waals surface area contributed by atoms with Crippen LogP contribution in [-0.2, 0) is 27.5 Å². The molecule has 0 fully saturated rings.